The zero-order valence-corrected chi connectivity index (χ0v) is 11.0. The number of hydrogen-bond acceptors (Lipinski definition) is 1. The molecule has 0 amide bonds. The van der Waals surface area contributed by atoms with E-state index in [4.69, 9.17) is 0 Å². The summed E-state index contributed by atoms with van der Waals surface area (Å²) in [6.45, 7) is 4.46. The van der Waals surface area contributed by atoms with Crippen molar-refractivity contribution in [3.63, 3.8) is 0 Å². The molecule has 0 aromatic rings. The Balaban J connectivity index is 3.21. The van der Waals surface area contributed by atoms with Crippen LogP contribution in [0.3, 0.4) is 0 Å². The molecule has 0 spiro atoms. The molecule has 0 saturated carbocycles. The van der Waals surface area contributed by atoms with Crippen molar-refractivity contribution in [3.05, 3.63) is 11.5 Å². The van der Waals surface area contributed by atoms with Crippen molar-refractivity contribution in [2.24, 2.45) is 0 Å². The van der Waals surface area contributed by atoms with Gasteiger partial charge in [-0.3, -0.25) is 0 Å². The highest BCUT2D eigenvalue weighted by molar-refractivity contribution is 8.02. The van der Waals surface area contributed by atoms with Gasteiger partial charge >= 0.3 is 0 Å². The van der Waals surface area contributed by atoms with Crippen molar-refractivity contribution in [1.82, 2.24) is 0 Å². The highest BCUT2D eigenvalue weighted by Gasteiger charge is 1.83. The molecule has 0 radical (unpaired) electrons. The fourth-order valence-electron chi connectivity index (χ4n) is 1.15. The maximum atomic E-state index is 3.19. The molecule has 0 heterocycles. The molecular weight excluding hydrogens is 200 g/mol. The van der Waals surface area contributed by atoms with E-state index in [1.165, 1.54) is 44.3 Å². The Morgan fingerprint density at radius 3 is 2.53 bits per heavy atom. The van der Waals surface area contributed by atoms with E-state index in [0.29, 0.717) is 0 Å². The summed E-state index contributed by atoms with van der Waals surface area (Å²) < 4.78 is 0. The third-order valence-corrected chi connectivity index (χ3v) is 2.97. The van der Waals surface area contributed by atoms with Crippen LogP contribution >= 0.6 is 11.8 Å². The lowest BCUT2D eigenvalue weighted by Crippen LogP contribution is -1.73. The molecule has 0 nitrogen and oxygen atoms in total. The second-order valence-corrected chi connectivity index (χ2v) is 4.67. The van der Waals surface area contributed by atoms with Crippen molar-refractivity contribution in [1.29, 1.82) is 0 Å². The van der Waals surface area contributed by atoms with Crippen molar-refractivity contribution in [2.45, 2.75) is 58.8 Å². The van der Waals surface area contributed by atoms with E-state index in [0.717, 1.165) is 6.42 Å². The van der Waals surface area contributed by atoms with Crippen LogP contribution in [0.15, 0.2) is 11.5 Å². The van der Waals surface area contributed by atoms with Gasteiger partial charge in [-0.1, -0.05) is 51.4 Å². The summed E-state index contributed by atoms with van der Waals surface area (Å²) in [5, 5.41) is 2.12. The van der Waals surface area contributed by atoms with Crippen LogP contribution in [0, 0.1) is 11.8 Å². The molecule has 0 aliphatic rings. The first-order chi connectivity index (χ1) is 7.41. The molecule has 0 rings (SSSR count). The average Bonchev–Trinajstić information content (AvgIpc) is 2.26. The Bertz CT molecular complexity index is 195. The zero-order valence-electron chi connectivity index (χ0n) is 10.2. The highest BCUT2D eigenvalue weighted by Crippen LogP contribution is 2.05. The second-order valence-electron chi connectivity index (χ2n) is 3.66. The van der Waals surface area contributed by atoms with Crippen LogP contribution in [0.5, 0.6) is 0 Å². The van der Waals surface area contributed by atoms with Gasteiger partial charge in [0.25, 0.3) is 0 Å². The molecule has 0 fully saturated rings. The monoisotopic (exact) mass is 224 g/mol. The quantitative estimate of drug-likeness (QED) is 0.412. The first-order valence-electron chi connectivity index (χ1n) is 6.16. The standard InChI is InChI=1S/C14H24S/c1-3-5-7-8-9-10-11-12-14-15-13-6-4-2/h12,14H,3-9,13H2,1-2H3/b14-12-. The summed E-state index contributed by atoms with van der Waals surface area (Å²) in [6.07, 6.45) is 10.9. The number of allylic oxidation sites excluding steroid dienone is 1. The predicted octanol–water partition coefficient (Wildman–Crippen LogP) is 5.01. The normalized spacial score (nSPS) is 10.3. The minimum Gasteiger partial charge on any atom is -0.133 e. The third kappa shape index (κ3) is 13.7. The van der Waals surface area contributed by atoms with E-state index in [-0.39, 0.29) is 0 Å². The fourth-order valence-corrected chi connectivity index (χ4v) is 1.90. The Labute approximate surface area is 99.9 Å². The lowest BCUT2D eigenvalue weighted by molar-refractivity contribution is 0.679. The topological polar surface area (TPSA) is 0 Å². The van der Waals surface area contributed by atoms with Gasteiger partial charge in [0.05, 0.1) is 0 Å². The first kappa shape index (κ1) is 14.6. The number of thioether (sulfide) groups is 1. The highest BCUT2D eigenvalue weighted by atomic mass is 32.2. The van der Waals surface area contributed by atoms with Crippen LogP contribution in [0.4, 0.5) is 0 Å². The fraction of sp³-hybridized carbons (Fsp3) is 0.714. The smallest absolute Gasteiger partial charge is 0.00922 e. The molecule has 1 heteroatoms. The van der Waals surface area contributed by atoms with E-state index in [9.17, 15) is 0 Å². The molecule has 0 saturated heterocycles. The maximum Gasteiger partial charge on any atom is 0.00922 e. The summed E-state index contributed by atoms with van der Waals surface area (Å²) in [4.78, 5) is 0. The Morgan fingerprint density at radius 1 is 1.00 bits per heavy atom. The molecule has 0 aromatic heterocycles. The molecule has 0 aromatic carbocycles. The summed E-state index contributed by atoms with van der Waals surface area (Å²) in [5.41, 5.74) is 0. The first-order valence-corrected chi connectivity index (χ1v) is 7.21. The summed E-state index contributed by atoms with van der Waals surface area (Å²) in [6, 6.07) is 0. The van der Waals surface area contributed by atoms with Gasteiger partial charge in [0.1, 0.15) is 0 Å². The van der Waals surface area contributed by atoms with Crippen LogP contribution < -0.4 is 0 Å². The van der Waals surface area contributed by atoms with Crippen molar-refractivity contribution in [3.8, 4) is 11.8 Å². The van der Waals surface area contributed by atoms with Gasteiger partial charge in [0.15, 0.2) is 0 Å². The summed E-state index contributed by atoms with van der Waals surface area (Å²) >= 11 is 1.87. The SMILES string of the molecule is CCCCCCC#C/C=C\SCCCC. The molecule has 0 aliphatic carbocycles. The largest absolute Gasteiger partial charge is 0.133 e. The van der Waals surface area contributed by atoms with Gasteiger partial charge in [0, 0.05) is 6.42 Å². The van der Waals surface area contributed by atoms with Gasteiger partial charge in [-0.15, -0.1) is 11.8 Å². The maximum absolute atomic E-state index is 3.19. The molecule has 86 valence electrons. The summed E-state index contributed by atoms with van der Waals surface area (Å²) in [5.74, 6) is 7.50. The molecule has 0 atom stereocenters. The zero-order chi connectivity index (χ0) is 11.2. The van der Waals surface area contributed by atoms with Crippen molar-refractivity contribution >= 4 is 11.8 Å². The molecular formula is C14H24S. The van der Waals surface area contributed by atoms with E-state index in [1.54, 1.807) is 0 Å². The van der Waals surface area contributed by atoms with Gasteiger partial charge in [-0.05, 0) is 30.1 Å². The van der Waals surface area contributed by atoms with Gasteiger partial charge in [-0.25, -0.2) is 0 Å². The Morgan fingerprint density at radius 2 is 1.80 bits per heavy atom. The predicted molar refractivity (Wildman–Crippen MR) is 73.0 cm³/mol. The van der Waals surface area contributed by atoms with Crippen LogP contribution in [-0.4, -0.2) is 5.75 Å². The molecule has 15 heavy (non-hydrogen) atoms. The minimum atomic E-state index is 1.06. The Kier molecular flexibility index (Phi) is 13.3. The lowest BCUT2D eigenvalue weighted by atomic mass is 10.2. The van der Waals surface area contributed by atoms with Gasteiger partial charge < -0.3 is 0 Å². The van der Waals surface area contributed by atoms with Crippen LogP contribution in [0.1, 0.15) is 58.8 Å². The minimum absolute atomic E-state index is 1.06. The molecule has 0 bridgehead atoms. The molecule has 0 unspecified atom stereocenters. The van der Waals surface area contributed by atoms with Gasteiger partial charge in [-0.2, -0.15) is 0 Å². The van der Waals surface area contributed by atoms with Crippen molar-refractivity contribution < 1.29 is 0 Å². The van der Waals surface area contributed by atoms with E-state index >= 15 is 0 Å². The number of unbranched alkanes of at least 4 members (excludes halogenated alkanes) is 5. The Hall–Kier alpha value is -0.350. The van der Waals surface area contributed by atoms with Crippen LogP contribution in [-0.2, 0) is 0 Å². The second kappa shape index (κ2) is 13.7. The van der Waals surface area contributed by atoms with E-state index < -0.39 is 0 Å². The van der Waals surface area contributed by atoms with Crippen molar-refractivity contribution in [2.75, 3.05) is 5.75 Å². The lowest BCUT2D eigenvalue weighted by Gasteiger charge is -1.91. The molecule has 0 aliphatic heterocycles. The summed E-state index contributed by atoms with van der Waals surface area (Å²) in [7, 11) is 0. The van der Waals surface area contributed by atoms with E-state index in [2.05, 4.69) is 31.1 Å². The van der Waals surface area contributed by atoms with Crippen LogP contribution in [0.2, 0.25) is 0 Å². The number of rotatable bonds is 8. The third-order valence-electron chi connectivity index (χ3n) is 2.12. The number of hydrogen-bond donors (Lipinski definition) is 0. The van der Waals surface area contributed by atoms with E-state index in [1.807, 2.05) is 17.8 Å². The average molecular weight is 224 g/mol. The van der Waals surface area contributed by atoms with Crippen LogP contribution in [0.25, 0.3) is 0 Å². The molecule has 0 N–H and O–H groups in total. The van der Waals surface area contributed by atoms with Gasteiger partial charge in [0.2, 0.25) is 0 Å².